The maximum Gasteiger partial charge on any atom is 0.225 e. The summed E-state index contributed by atoms with van der Waals surface area (Å²) in [6.07, 6.45) is 0.336. The molecule has 0 saturated heterocycles. The van der Waals surface area contributed by atoms with Crippen LogP contribution in [0.5, 0.6) is 0 Å². The summed E-state index contributed by atoms with van der Waals surface area (Å²) in [6.45, 7) is 1.95. The highest BCUT2D eigenvalue weighted by Gasteiger charge is 2.06. The number of hydrogen-bond donors (Lipinski definition) is 1. The number of benzene rings is 1. The molecule has 1 N–H and O–H groups in total. The van der Waals surface area contributed by atoms with Crippen molar-refractivity contribution in [1.82, 2.24) is 0 Å². The van der Waals surface area contributed by atoms with Gasteiger partial charge in [-0.3, -0.25) is 4.79 Å². The third-order valence-corrected chi connectivity index (χ3v) is 2.66. The Balaban J connectivity index is 2.80. The highest BCUT2D eigenvalue weighted by atomic mass is 79.9. The van der Waals surface area contributed by atoms with E-state index in [9.17, 15) is 4.79 Å². The lowest BCUT2D eigenvalue weighted by molar-refractivity contribution is -0.115. The molecule has 1 aromatic rings. The van der Waals surface area contributed by atoms with Gasteiger partial charge in [0.05, 0.1) is 5.69 Å². The number of aryl methyl sites for hydroxylation is 1. The van der Waals surface area contributed by atoms with Crippen LogP contribution in [-0.2, 0) is 4.79 Å². The predicted molar refractivity (Wildman–Crippen MR) is 62.8 cm³/mol. The molecule has 0 saturated carbocycles. The summed E-state index contributed by atoms with van der Waals surface area (Å²) in [5.74, 6) is 0.282. The van der Waals surface area contributed by atoms with Crippen LogP contribution in [0.2, 0.25) is 0 Å². The zero-order chi connectivity index (χ0) is 10.6. The van der Waals surface area contributed by atoms with E-state index in [0.717, 1.165) is 15.7 Å². The standard InChI is InChI=1S/C10H11BrClNO/c1-7-3-2-4-8(11)10(7)13-9(14)5-6-12/h2-4H,5-6H2,1H3,(H,13,14). The van der Waals surface area contributed by atoms with Crippen molar-refractivity contribution in [2.45, 2.75) is 13.3 Å². The minimum atomic E-state index is -0.0602. The molecule has 0 heterocycles. The lowest BCUT2D eigenvalue weighted by Gasteiger charge is -2.09. The van der Waals surface area contributed by atoms with Crippen molar-refractivity contribution >= 4 is 39.1 Å². The third-order valence-electron chi connectivity index (χ3n) is 1.81. The van der Waals surface area contributed by atoms with Gasteiger partial charge in [-0.1, -0.05) is 12.1 Å². The van der Waals surface area contributed by atoms with Crippen LogP contribution in [0.15, 0.2) is 22.7 Å². The molecule has 0 fully saturated rings. The first-order valence-corrected chi connectivity index (χ1v) is 5.59. The highest BCUT2D eigenvalue weighted by molar-refractivity contribution is 9.10. The highest BCUT2D eigenvalue weighted by Crippen LogP contribution is 2.25. The van der Waals surface area contributed by atoms with E-state index in [0.29, 0.717) is 12.3 Å². The van der Waals surface area contributed by atoms with Crippen molar-refractivity contribution in [3.05, 3.63) is 28.2 Å². The van der Waals surface area contributed by atoms with E-state index in [2.05, 4.69) is 21.2 Å². The Hall–Kier alpha value is -0.540. The van der Waals surface area contributed by atoms with E-state index in [1.54, 1.807) is 0 Å². The Kier molecular flexibility index (Phi) is 4.42. The number of nitrogens with one attached hydrogen (secondary N) is 1. The molecule has 0 unspecified atom stereocenters. The monoisotopic (exact) mass is 275 g/mol. The van der Waals surface area contributed by atoms with Crippen molar-refractivity contribution in [1.29, 1.82) is 0 Å². The molecule has 2 nitrogen and oxygen atoms in total. The smallest absolute Gasteiger partial charge is 0.225 e. The molecule has 0 radical (unpaired) electrons. The number of anilines is 1. The van der Waals surface area contributed by atoms with Crippen LogP contribution in [0.4, 0.5) is 5.69 Å². The van der Waals surface area contributed by atoms with Gasteiger partial charge in [0.25, 0.3) is 0 Å². The first kappa shape index (κ1) is 11.5. The molecule has 0 aromatic heterocycles. The summed E-state index contributed by atoms with van der Waals surface area (Å²) in [5.41, 5.74) is 1.85. The topological polar surface area (TPSA) is 29.1 Å². The number of para-hydroxylation sites is 1. The van der Waals surface area contributed by atoms with Crippen molar-refractivity contribution in [2.24, 2.45) is 0 Å². The fraction of sp³-hybridized carbons (Fsp3) is 0.300. The van der Waals surface area contributed by atoms with Crippen LogP contribution in [0.3, 0.4) is 0 Å². The van der Waals surface area contributed by atoms with Crippen LogP contribution >= 0.6 is 27.5 Å². The molecule has 0 atom stereocenters. The lowest BCUT2D eigenvalue weighted by atomic mass is 10.2. The lowest BCUT2D eigenvalue weighted by Crippen LogP contribution is -2.12. The third kappa shape index (κ3) is 3.00. The molecule has 1 aromatic carbocycles. The van der Waals surface area contributed by atoms with Gasteiger partial charge in [-0.2, -0.15) is 0 Å². The maximum absolute atomic E-state index is 11.3. The minimum Gasteiger partial charge on any atom is -0.325 e. The summed E-state index contributed by atoms with van der Waals surface area (Å²) in [4.78, 5) is 11.3. The summed E-state index contributed by atoms with van der Waals surface area (Å²) >= 11 is 8.85. The predicted octanol–water partition coefficient (Wildman–Crippen LogP) is 3.32. The van der Waals surface area contributed by atoms with Crippen LogP contribution in [0.25, 0.3) is 0 Å². The molecular weight excluding hydrogens is 265 g/mol. The van der Waals surface area contributed by atoms with Crippen molar-refractivity contribution < 1.29 is 4.79 Å². The Morgan fingerprint density at radius 1 is 1.57 bits per heavy atom. The number of rotatable bonds is 3. The van der Waals surface area contributed by atoms with Gasteiger partial charge in [0.15, 0.2) is 0 Å². The van der Waals surface area contributed by atoms with E-state index < -0.39 is 0 Å². The number of amides is 1. The Morgan fingerprint density at radius 2 is 2.29 bits per heavy atom. The first-order chi connectivity index (χ1) is 6.65. The first-order valence-electron chi connectivity index (χ1n) is 4.26. The number of halogens is 2. The Bertz CT molecular complexity index is 321. The largest absolute Gasteiger partial charge is 0.325 e. The van der Waals surface area contributed by atoms with Crippen molar-refractivity contribution in [2.75, 3.05) is 11.2 Å². The molecular formula is C10H11BrClNO. The fourth-order valence-corrected chi connectivity index (χ4v) is 1.81. The van der Waals surface area contributed by atoms with E-state index >= 15 is 0 Å². The summed E-state index contributed by atoms with van der Waals surface area (Å²) in [5, 5.41) is 2.81. The van der Waals surface area contributed by atoms with Gasteiger partial charge < -0.3 is 5.32 Å². The number of hydrogen-bond acceptors (Lipinski definition) is 1. The van der Waals surface area contributed by atoms with Crippen molar-refractivity contribution in [3.63, 3.8) is 0 Å². The molecule has 0 aliphatic heterocycles. The van der Waals surface area contributed by atoms with E-state index in [-0.39, 0.29) is 5.91 Å². The van der Waals surface area contributed by atoms with Crippen LogP contribution < -0.4 is 5.32 Å². The van der Waals surface area contributed by atoms with E-state index in [1.165, 1.54) is 0 Å². The molecule has 0 bridgehead atoms. The number of alkyl halides is 1. The summed E-state index contributed by atoms with van der Waals surface area (Å²) in [7, 11) is 0. The maximum atomic E-state index is 11.3. The quantitative estimate of drug-likeness (QED) is 0.843. The summed E-state index contributed by atoms with van der Waals surface area (Å²) in [6, 6.07) is 5.76. The zero-order valence-electron chi connectivity index (χ0n) is 7.81. The van der Waals surface area contributed by atoms with Crippen LogP contribution in [0.1, 0.15) is 12.0 Å². The second kappa shape index (κ2) is 5.37. The molecule has 0 spiro atoms. The Labute approximate surface area is 96.8 Å². The van der Waals surface area contributed by atoms with E-state index in [1.807, 2.05) is 25.1 Å². The van der Waals surface area contributed by atoms with Gasteiger partial charge in [0, 0.05) is 16.8 Å². The average molecular weight is 277 g/mol. The number of carbonyl (C=O) groups excluding carboxylic acids is 1. The van der Waals surface area contributed by atoms with Gasteiger partial charge in [-0.25, -0.2) is 0 Å². The normalized spacial score (nSPS) is 9.93. The molecule has 76 valence electrons. The van der Waals surface area contributed by atoms with Gasteiger partial charge in [0.2, 0.25) is 5.91 Å². The summed E-state index contributed by atoms with van der Waals surface area (Å²) < 4.78 is 0.889. The van der Waals surface area contributed by atoms with Gasteiger partial charge in [-0.15, -0.1) is 11.6 Å². The minimum absolute atomic E-state index is 0.0602. The van der Waals surface area contributed by atoms with Gasteiger partial charge >= 0.3 is 0 Å². The Morgan fingerprint density at radius 3 is 2.86 bits per heavy atom. The molecule has 14 heavy (non-hydrogen) atoms. The van der Waals surface area contributed by atoms with Crippen molar-refractivity contribution in [3.8, 4) is 0 Å². The van der Waals surface area contributed by atoms with Gasteiger partial charge in [-0.05, 0) is 34.5 Å². The van der Waals surface area contributed by atoms with E-state index in [4.69, 9.17) is 11.6 Å². The second-order valence-electron chi connectivity index (χ2n) is 2.92. The molecule has 0 aliphatic carbocycles. The molecule has 0 aliphatic rings. The SMILES string of the molecule is Cc1cccc(Br)c1NC(=O)CCCl. The van der Waals surface area contributed by atoms with Gasteiger partial charge in [0.1, 0.15) is 0 Å². The van der Waals surface area contributed by atoms with Crippen LogP contribution in [-0.4, -0.2) is 11.8 Å². The molecule has 1 rings (SSSR count). The average Bonchev–Trinajstić information content (AvgIpc) is 2.12. The number of carbonyl (C=O) groups is 1. The molecule has 1 amide bonds. The fourth-order valence-electron chi connectivity index (χ4n) is 1.08. The second-order valence-corrected chi connectivity index (χ2v) is 4.15. The zero-order valence-corrected chi connectivity index (χ0v) is 10.2. The molecule has 4 heteroatoms. The van der Waals surface area contributed by atoms with Crippen LogP contribution in [0, 0.1) is 6.92 Å².